The molecule has 0 aliphatic heterocycles. The first-order valence-corrected chi connectivity index (χ1v) is 4.56. The quantitative estimate of drug-likeness (QED) is 0.0695. The van der Waals surface area contributed by atoms with E-state index in [4.69, 9.17) is 15.8 Å². The Kier molecular flexibility index (Phi) is 3.70. The number of nitrogens with one attached hydrogen (secondary N) is 1. The van der Waals surface area contributed by atoms with E-state index in [-0.39, 0.29) is 0 Å². The van der Waals surface area contributed by atoms with Crippen molar-refractivity contribution in [3.05, 3.63) is 10.1 Å². The molecule has 0 aromatic heterocycles. The number of nitro groups is 1. The molecule has 0 bridgehead atoms. The highest BCUT2D eigenvalue weighted by Crippen LogP contribution is 2.02. The topological polar surface area (TPSA) is 195 Å². The van der Waals surface area contributed by atoms with Crippen LogP contribution in [0.25, 0.3) is 0 Å². The number of amidine groups is 1. The van der Waals surface area contributed by atoms with Crippen molar-refractivity contribution in [1.29, 1.82) is 10.7 Å². The fourth-order valence-electron chi connectivity index (χ4n) is 0.461. The van der Waals surface area contributed by atoms with Gasteiger partial charge in [0.2, 0.25) is 0 Å². The second kappa shape index (κ2) is 4.37. The van der Waals surface area contributed by atoms with Gasteiger partial charge in [-0.2, -0.15) is 13.7 Å². The lowest BCUT2D eigenvalue weighted by molar-refractivity contribution is -0.609. The normalized spacial score (nSPS) is 10.0. The van der Waals surface area contributed by atoms with Gasteiger partial charge in [0.05, 0.1) is 0 Å². The average Bonchev–Trinajstić information content (AvgIpc) is 2.16. The van der Waals surface area contributed by atoms with Gasteiger partial charge in [0, 0.05) is 5.01 Å². The first kappa shape index (κ1) is 13.5. The number of carbonyl (C=O) groups is 1. The third kappa shape index (κ3) is 2.31. The second-order valence-corrected chi connectivity index (χ2v) is 3.77. The van der Waals surface area contributed by atoms with Crippen molar-refractivity contribution in [2.45, 2.75) is 0 Å². The molecule has 0 aromatic carbocycles. The van der Waals surface area contributed by atoms with Crippen molar-refractivity contribution >= 4 is 21.3 Å². The van der Waals surface area contributed by atoms with Gasteiger partial charge in [0.25, 0.3) is 6.19 Å². The molecule has 0 saturated carbocycles. The molecular formula is C3H4N6O6S. The van der Waals surface area contributed by atoms with E-state index in [0.29, 0.717) is 0 Å². The molecule has 0 aliphatic rings. The molecule has 0 rings (SSSR count). The Morgan fingerprint density at radius 3 is 2.31 bits per heavy atom. The zero-order valence-corrected chi connectivity index (χ0v) is 8.08. The largest absolute Gasteiger partial charge is 0.463 e. The molecule has 0 aromatic rings. The molecule has 88 valence electrons. The van der Waals surface area contributed by atoms with Gasteiger partial charge < -0.3 is 5.11 Å². The van der Waals surface area contributed by atoms with E-state index in [2.05, 4.69) is 5.84 Å². The number of nitrogens with two attached hydrogens (primary N) is 1. The summed E-state index contributed by atoms with van der Waals surface area (Å²) in [6, 6.07) is 0. The van der Waals surface area contributed by atoms with Gasteiger partial charge in [0.15, 0.2) is 5.03 Å². The minimum absolute atomic E-state index is 0.752. The standard InChI is InChI=1S/C3H4N6O6S/c4-1-7(9(12)13)2(5)16(14,15)8(6)3(10)11/h5H,6H2,(H,10,11). The lowest BCUT2D eigenvalue weighted by Crippen LogP contribution is -2.49. The zero-order valence-electron chi connectivity index (χ0n) is 7.26. The van der Waals surface area contributed by atoms with Crippen LogP contribution in [0, 0.1) is 27.0 Å². The molecule has 0 radical (unpaired) electrons. The molecule has 0 atom stereocenters. The highest BCUT2D eigenvalue weighted by atomic mass is 32.2. The maximum Gasteiger partial charge on any atom is 0.436 e. The van der Waals surface area contributed by atoms with Crippen molar-refractivity contribution in [3.63, 3.8) is 0 Å². The van der Waals surface area contributed by atoms with Gasteiger partial charge in [-0.05, 0) is 0 Å². The molecule has 13 heteroatoms. The summed E-state index contributed by atoms with van der Waals surface area (Å²) in [4.78, 5) is 20.3. The van der Waals surface area contributed by atoms with Crippen LogP contribution in [0.15, 0.2) is 0 Å². The second-order valence-electron chi connectivity index (χ2n) is 2.04. The van der Waals surface area contributed by atoms with Crippen LogP contribution in [0.1, 0.15) is 0 Å². The van der Waals surface area contributed by atoms with Gasteiger partial charge in [-0.3, -0.25) is 5.41 Å². The Balaban J connectivity index is 5.37. The molecule has 16 heavy (non-hydrogen) atoms. The predicted molar refractivity (Wildman–Crippen MR) is 45.1 cm³/mol. The number of rotatable bonds is 1. The SMILES string of the molecule is N#CN(C(=N)S(=O)(=O)N(N)C(=O)O)[N+](=O)[O-]. The number of amides is 1. The van der Waals surface area contributed by atoms with Gasteiger partial charge >= 0.3 is 21.3 Å². The number of carboxylic acid groups (broad SMARTS) is 1. The Morgan fingerprint density at radius 2 is 2.06 bits per heavy atom. The van der Waals surface area contributed by atoms with Crippen LogP contribution in [0.5, 0.6) is 0 Å². The number of hydrogen-bond donors (Lipinski definition) is 3. The molecule has 1 amide bonds. The van der Waals surface area contributed by atoms with Crippen LogP contribution in [0.3, 0.4) is 0 Å². The van der Waals surface area contributed by atoms with E-state index in [1.807, 2.05) is 0 Å². The molecule has 0 spiro atoms. The Labute approximate surface area is 87.7 Å². The van der Waals surface area contributed by atoms with Crippen LogP contribution in [0.2, 0.25) is 0 Å². The van der Waals surface area contributed by atoms with Crippen molar-refractivity contribution in [1.82, 2.24) is 9.42 Å². The van der Waals surface area contributed by atoms with Crippen LogP contribution >= 0.6 is 0 Å². The highest BCUT2D eigenvalue weighted by Gasteiger charge is 2.38. The monoisotopic (exact) mass is 252 g/mol. The summed E-state index contributed by atoms with van der Waals surface area (Å²) in [5.41, 5.74) is 0. The summed E-state index contributed by atoms with van der Waals surface area (Å²) >= 11 is 0. The summed E-state index contributed by atoms with van der Waals surface area (Å²) in [7, 11) is -5.14. The molecule has 0 heterocycles. The maximum absolute atomic E-state index is 11.1. The van der Waals surface area contributed by atoms with E-state index >= 15 is 0 Å². The number of hydrogen-bond acceptors (Lipinski definition) is 8. The minimum atomic E-state index is -5.14. The minimum Gasteiger partial charge on any atom is -0.463 e. The van der Waals surface area contributed by atoms with Crippen LogP contribution < -0.4 is 5.84 Å². The number of sulfonamides is 1. The van der Waals surface area contributed by atoms with Gasteiger partial charge in [0.1, 0.15) is 0 Å². The lowest BCUT2D eigenvalue weighted by Gasteiger charge is -2.13. The van der Waals surface area contributed by atoms with Crippen molar-refractivity contribution in [2.75, 3.05) is 0 Å². The molecule has 12 nitrogen and oxygen atoms in total. The molecule has 0 aliphatic carbocycles. The Bertz CT molecular complexity index is 475. The first-order chi connectivity index (χ1) is 7.16. The van der Waals surface area contributed by atoms with Crippen molar-refractivity contribution < 1.29 is 23.4 Å². The zero-order chi connectivity index (χ0) is 13.1. The van der Waals surface area contributed by atoms with Gasteiger partial charge in [-0.1, -0.05) is 0 Å². The van der Waals surface area contributed by atoms with Crippen molar-refractivity contribution in [3.8, 4) is 6.19 Å². The van der Waals surface area contributed by atoms with Crippen molar-refractivity contribution in [2.24, 2.45) is 5.84 Å². The smallest absolute Gasteiger partial charge is 0.436 e. The first-order valence-electron chi connectivity index (χ1n) is 3.12. The van der Waals surface area contributed by atoms with E-state index in [1.54, 1.807) is 0 Å². The fourth-order valence-corrected chi connectivity index (χ4v) is 1.18. The Hall–Kier alpha value is -2.46. The third-order valence-electron chi connectivity index (χ3n) is 1.14. The molecule has 0 saturated heterocycles. The summed E-state index contributed by atoms with van der Waals surface area (Å²) < 4.78 is 21.3. The average molecular weight is 252 g/mol. The number of hydrazine groups is 2. The van der Waals surface area contributed by atoms with Crippen LogP contribution in [-0.4, -0.2) is 39.2 Å². The maximum atomic E-state index is 11.1. The molecular weight excluding hydrogens is 248 g/mol. The number of nitriles is 1. The fraction of sp³-hybridized carbons (Fsp3) is 0. The molecule has 0 unspecified atom stereocenters. The van der Waals surface area contributed by atoms with E-state index < -0.39 is 35.7 Å². The van der Waals surface area contributed by atoms with E-state index in [0.717, 1.165) is 6.19 Å². The Morgan fingerprint density at radius 1 is 1.62 bits per heavy atom. The van der Waals surface area contributed by atoms with Crippen LogP contribution in [-0.2, 0) is 10.0 Å². The summed E-state index contributed by atoms with van der Waals surface area (Å²) in [5.74, 6) is 4.53. The predicted octanol–water partition coefficient (Wildman–Crippen LogP) is -1.92. The number of nitrogens with zero attached hydrogens (tertiary/aromatic N) is 4. The lowest BCUT2D eigenvalue weighted by atomic mass is 11.1. The summed E-state index contributed by atoms with van der Waals surface area (Å²) in [6.45, 7) is 0. The highest BCUT2D eigenvalue weighted by molar-refractivity contribution is 8.04. The molecule has 4 N–H and O–H groups in total. The van der Waals surface area contributed by atoms with Crippen LogP contribution in [0.4, 0.5) is 4.79 Å². The summed E-state index contributed by atoms with van der Waals surface area (Å²) in [5, 5.41) is 29.1. The van der Waals surface area contributed by atoms with Gasteiger partial charge in [-0.25, -0.2) is 20.8 Å². The van der Waals surface area contributed by atoms with E-state index in [9.17, 15) is 23.3 Å². The van der Waals surface area contributed by atoms with Gasteiger partial charge in [-0.15, -0.1) is 4.41 Å². The molecule has 0 fully saturated rings. The summed E-state index contributed by atoms with van der Waals surface area (Å²) in [6.07, 6.45) is -1.40. The third-order valence-corrected chi connectivity index (χ3v) is 2.48. The van der Waals surface area contributed by atoms with E-state index in [1.165, 1.54) is 0 Å².